The highest BCUT2D eigenvalue weighted by molar-refractivity contribution is 6.51. The number of aryl methyl sites for hydroxylation is 1. The van der Waals surface area contributed by atoms with Gasteiger partial charge in [0.25, 0.3) is 11.7 Å². The Labute approximate surface area is 195 Å². The summed E-state index contributed by atoms with van der Waals surface area (Å²) in [6.45, 7) is 4.32. The molecule has 0 radical (unpaired) electrons. The normalized spacial score (nSPS) is 17.3. The molecule has 1 amide bonds. The van der Waals surface area contributed by atoms with Gasteiger partial charge in [-0.2, -0.15) is 0 Å². The van der Waals surface area contributed by atoms with Gasteiger partial charge in [-0.15, -0.1) is 0 Å². The fourth-order valence-corrected chi connectivity index (χ4v) is 4.03. The van der Waals surface area contributed by atoms with Crippen LogP contribution in [0.5, 0.6) is 5.75 Å². The van der Waals surface area contributed by atoms with E-state index in [-0.39, 0.29) is 11.3 Å². The average molecular weight is 463 g/mol. The third-order valence-corrected chi connectivity index (χ3v) is 5.64. The van der Waals surface area contributed by atoms with Crippen LogP contribution >= 0.6 is 0 Å². The number of hydrogen-bond donors (Lipinski definition) is 1. The number of benzene rings is 3. The van der Waals surface area contributed by atoms with Crippen LogP contribution in [-0.2, 0) is 9.59 Å². The number of carbonyl (C=O) groups excluding carboxylic acids is 2. The summed E-state index contributed by atoms with van der Waals surface area (Å²) in [6, 6.07) is 14.9. The molecule has 7 heteroatoms. The maximum Gasteiger partial charge on any atom is 0.300 e. The zero-order chi connectivity index (χ0) is 24.4. The standard InChI is InChI=1S/C27H23F2NO4/c1-3-13-34-22-12-9-18(14-16(22)2)25(31)23-24(17-7-5-4-6-8-17)30(27(33)26(23)32)21-15-19(28)10-11-20(21)29/h4-12,14-15,24,31H,3,13H2,1-2H3/b25-23+. The van der Waals surface area contributed by atoms with Gasteiger partial charge in [-0.25, -0.2) is 8.78 Å². The Hall–Kier alpha value is -4.00. The molecule has 5 nitrogen and oxygen atoms in total. The van der Waals surface area contributed by atoms with Gasteiger partial charge >= 0.3 is 0 Å². The molecule has 0 aromatic heterocycles. The zero-order valence-electron chi connectivity index (χ0n) is 18.7. The molecule has 0 saturated carbocycles. The van der Waals surface area contributed by atoms with Crippen LogP contribution in [-0.4, -0.2) is 23.4 Å². The second-order valence-corrected chi connectivity index (χ2v) is 8.00. The van der Waals surface area contributed by atoms with Crippen LogP contribution in [0.1, 0.15) is 36.1 Å². The smallest absolute Gasteiger partial charge is 0.300 e. The number of nitrogens with zero attached hydrogens (tertiary/aromatic N) is 1. The number of aliphatic hydroxyl groups is 1. The molecule has 174 valence electrons. The second-order valence-electron chi connectivity index (χ2n) is 8.00. The number of ketones is 1. The second kappa shape index (κ2) is 9.47. The van der Waals surface area contributed by atoms with Gasteiger partial charge in [-0.1, -0.05) is 37.3 Å². The summed E-state index contributed by atoms with van der Waals surface area (Å²) in [5, 5.41) is 11.2. The van der Waals surface area contributed by atoms with Crippen molar-refractivity contribution < 1.29 is 28.2 Å². The molecule has 0 spiro atoms. The molecule has 3 aromatic rings. The minimum atomic E-state index is -1.14. The molecule has 34 heavy (non-hydrogen) atoms. The van der Waals surface area contributed by atoms with Gasteiger partial charge < -0.3 is 9.84 Å². The number of halogens is 2. The van der Waals surface area contributed by atoms with Crippen LogP contribution in [0.3, 0.4) is 0 Å². The number of carbonyl (C=O) groups is 2. The fraction of sp³-hybridized carbons (Fsp3) is 0.185. The van der Waals surface area contributed by atoms with E-state index in [9.17, 15) is 23.5 Å². The summed E-state index contributed by atoms with van der Waals surface area (Å²) in [5.41, 5.74) is 0.918. The van der Waals surface area contributed by atoms with E-state index in [2.05, 4.69) is 0 Å². The predicted molar refractivity (Wildman–Crippen MR) is 125 cm³/mol. The highest BCUT2D eigenvalue weighted by atomic mass is 19.1. The van der Waals surface area contributed by atoms with E-state index in [4.69, 9.17) is 4.74 Å². The summed E-state index contributed by atoms with van der Waals surface area (Å²) >= 11 is 0. The highest BCUT2D eigenvalue weighted by Gasteiger charge is 2.47. The monoisotopic (exact) mass is 463 g/mol. The van der Waals surface area contributed by atoms with E-state index in [1.807, 2.05) is 6.92 Å². The van der Waals surface area contributed by atoms with Crippen molar-refractivity contribution in [2.75, 3.05) is 11.5 Å². The molecule has 1 N–H and O–H groups in total. The first-order valence-electron chi connectivity index (χ1n) is 10.9. The molecule has 1 fully saturated rings. The number of Topliss-reactive ketones (excluding diaryl/α,β-unsaturated/α-hetero) is 1. The Bertz CT molecular complexity index is 1290. The van der Waals surface area contributed by atoms with E-state index in [1.54, 1.807) is 55.5 Å². The maximum absolute atomic E-state index is 14.7. The Morgan fingerprint density at radius 3 is 2.44 bits per heavy atom. The van der Waals surface area contributed by atoms with Crippen LogP contribution in [0, 0.1) is 18.6 Å². The summed E-state index contributed by atoms with van der Waals surface area (Å²) in [6.07, 6.45) is 0.832. The largest absolute Gasteiger partial charge is 0.507 e. The Morgan fingerprint density at radius 2 is 1.76 bits per heavy atom. The summed E-state index contributed by atoms with van der Waals surface area (Å²) in [5.74, 6) is -3.43. The van der Waals surface area contributed by atoms with E-state index < -0.39 is 35.1 Å². The minimum Gasteiger partial charge on any atom is -0.507 e. The Kier molecular flexibility index (Phi) is 6.45. The van der Waals surface area contributed by atoms with Gasteiger partial charge in [-0.05, 0) is 54.8 Å². The van der Waals surface area contributed by atoms with Crippen LogP contribution < -0.4 is 9.64 Å². The molecule has 1 unspecified atom stereocenters. The van der Waals surface area contributed by atoms with Crippen LogP contribution in [0.25, 0.3) is 5.76 Å². The van der Waals surface area contributed by atoms with Gasteiger partial charge in [-0.3, -0.25) is 14.5 Å². The number of rotatable bonds is 6. The van der Waals surface area contributed by atoms with E-state index in [0.717, 1.165) is 35.1 Å². The number of anilines is 1. The first-order chi connectivity index (χ1) is 16.3. The lowest BCUT2D eigenvalue weighted by Crippen LogP contribution is -2.30. The zero-order valence-corrected chi connectivity index (χ0v) is 18.7. The van der Waals surface area contributed by atoms with Crippen molar-refractivity contribution in [3.63, 3.8) is 0 Å². The lowest BCUT2D eigenvalue weighted by Gasteiger charge is -2.25. The first kappa shape index (κ1) is 23.2. The van der Waals surface area contributed by atoms with Crippen molar-refractivity contribution >= 4 is 23.1 Å². The molecule has 3 aromatic carbocycles. The third-order valence-electron chi connectivity index (χ3n) is 5.64. The van der Waals surface area contributed by atoms with Crippen molar-refractivity contribution in [1.82, 2.24) is 0 Å². The first-order valence-corrected chi connectivity index (χ1v) is 10.9. The molecule has 1 atom stereocenters. The van der Waals surface area contributed by atoms with Gasteiger partial charge in [0, 0.05) is 11.6 Å². The fourth-order valence-electron chi connectivity index (χ4n) is 4.03. The highest BCUT2D eigenvalue weighted by Crippen LogP contribution is 2.43. The quantitative estimate of drug-likeness (QED) is 0.290. The molecule has 1 aliphatic rings. The lowest BCUT2D eigenvalue weighted by atomic mass is 9.94. The summed E-state index contributed by atoms with van der Waals surface area (Å²) < 4.78 is 34.3. The number of aliphatic hydroxyl groups excluding tert-OH is 1. The average Bonchev–Trinajstić information content (AvgIpc) is 3.10. The van der Waals surface area contributed by atoms with Crippen molar-refractivity contribution in [3.05, 3.63) is 101 Å². The topological polar surface area (TPSA) is 66.8 Å². The van der Waals surface area contributed by atoms with Crippen molar-refractivity contribution in [3.8, 4) is 5.75 Å². The number of amides is 1. The van der Waals surface area contributed by atoms with Crippen molar-refractivity contribution in [2.45, 2.75) is 26.3 Å². The molecule has 0 bridgehead atoms. The van der Waals surface area contributed by atoms with E-state index >= 15 is 0 Å². The SMILES string of the molecule is CCCOc1ccc(/C(O)=C2\C(=O)C(=O)N(c3cc(F)ccc3F)C2c2ccccc2)cc1C. The minimum absolute atomic E-state index is 0.207. The van der Waals surface area contributed by atoms with Gasteiger partial charge in [0.2, 0.25) is 0 Å². The molecule has 0 aliphatic carbocycles. The maximum atomic E-state index is 14.7. The number of ether oxygens (including phenoxy) is 1. The Morgan fingerprint density at radius 1 is 1.03 bits per heavy atom. The summed E-state index contributed by atoms with van der Waals surface area (Å²) in [7, 11) is 0. The van der Waals surface area contributed by atoms with Crippen molar-refractivity contribution in [2.24, 2.45) is 0 Å². The van der Waals surface area contributed by atoms with Crippen LogP contribution in [0.4, 0.5) is 14.5 Å². The van der Waals surface area contributed by atoms with E-state index in [0.29, 0.717) is 23.5 Å². The van der Waals surface area contributed by atoms with Crippen molar-refractivity contribution in [1.29, 1.82) is 0 Å². The molecule has 1 aliphatic heterocycles. The molecule has 1 saturated heterocycles. The summed E-state index contributed by atoms with van der Waals surface area (Å²) in [4.78, 5) is 27.1. The Balaban J connectivity index is 1.89. The van der Waals surface area contributed by atoms with E-state index in [1.165, 1.54) is 0 Å². The lowest BCUT2D eigenvalue weighted by molar-refractivity contribution is -0.132. The predicted octanol–water partition coefficient (Wildman–Crippen LogP) is 5.69. The van der Waals surface area contributed by atoms with Gasteiger partial charge in [0.15, 0.2) is 0 Å². The van der Waals surface area contributed by atoms with Gasteiger partial charge in [0.05, 0.1) is 23.9 Å². The molecular weight excluding hydrogens is 440 g/mol. The molecular formula is C27H23F2NO4. The number of hydrogen-bond acceptors (Lipinski definition) is 4. The van der Waals surface area contributed by atoms with Crippen LogP contribution in [0.2, 0.25) is 0 Å². The molecule has 4 rings (SSSR count). The molecule has 1 heterocycles. The van der Waals surface area contributed by atoms with Gasteiger partial charge in [0.1, 0.15) is 23.1 Å². The third kappa shape index (κ3) is 4.17. The van der Waals surface area contributed by atoms with Crippen LogP contribution in [0.15, 0.2) is 72.3 Å².